The van der Waals surface area contributed by atoms with E-state index < -0.39 is 0 Å². The molecule has 4 rings (SSSR count). The van der Waals surface area contributed by atoms with E-state index in [0.717, 1.165) is 39.8 Å². The lowest BCUT2D eigenvalue weighted by molar-refractivity contribution is 0.118. The third kappa shape index (κ3) is 5.26. The van der Waals surface area contributed by atoms with Gasteiger partial charge in [-0.25, -0.2) is 4.68 Å². The van der Waals surface area contributed by atoms with Crippen molar-refractivity contribution >= 4 is 10.9 Å². The molecule has 7 heteroatoms. The second-order valence-electron chi connectivity index (χ2n) is 10.9. The van der Waals surface area contributed by atoms with Gasteiger partial charge in [0.25, 0.3) is 5.56 Å². The average molecular weight is 487 g/mol. The molecule has 7 nitrogen and oxygen atoms in total. The molecule has 0 aliphatic heterocycles. The van der Waals surface area contributed by atoms with Crippen LogP contribution in [0.4, 0.5) is 0 Å². The van der Waals surface area contributed by atoms with E-state index in [2.05, 4.69) is 110 Å². The molecule has 2 aromatic carbocycles. The molecule has 0 saturated heterocycles. The van der Waals surface area contributed by atoms with Gasteiger partial charge in [0.1, 0.15) is 0 Å². The van der Waals surface area contributed by atoms with E-state index in [1.807, 2.05) is 16.8 Å². The molecule has 0 spiro atoms. The lowest BCUT2D eigenvalue weighted by atomic mass is 9.96. The van der Waals surface area contributed by atoms with Crippen LogP contribution in [0.2, 0.25) is 0 Å². The summed E-state index contributed by atoms with van der Waals surface area (Å²) in [6.07, 6.45) is 0.900. The quantitative estimate of drug-likeness (QED) is 0.329. The van der Waals surface area contributed by atoms with Crippen LogP contribution < -0.4 is 5.56 Å². The molecule has 0 saturated carbocycles. The van der Waals surface area contributed by atoms with Gasteiger partial charge in [-0.05, 0) is 79.3 Å². The van der Waals surface area contributed by atoms with E-state index in [-0.39, 0.29) is 23.1 Å². The second kappa shape index (κ2) is 10.3. The van der Waals surface area contributed by atoms with E-state index in [1.165, 1.54) is 5.56 Å². The highest BCUT2D eigenvalue weighted by atomic mass is 16.1. The number of hydrogen-bond acceptors (Lipinski definition) is 5. The van der Waals surface area contributed by atoms with Gasteiger partial charge in [0.15, 0.2) is 5.82 Å². The number of aryl methyl sites for hydroxylation is 2. The zero-order chi connectivity index (χ0) is 26.0. The Labute approximate surface area is 213 Å². The van der Waals surface area contributed by atoms with Crippen molar-refractivity contribution in [2.24, 2.45) is 5.92 Å². The van der Waals surface area contributed by atoms with Crippen molar-refractivity contribution in [1.29, 1.82) is 0 Å². The first-order chi connectivity index (χ1) is 17.1. The molecule has 4 aromatic rings. The van der Waals surface area contributed by atoms with Crippen LogP contribution in [0.15, 0.2) is 53.3 Å². The Bertz CT molecular complexity index is 1390. The fourth-order valence-electron chi connectivity index (χ4n) is 4.97. The number of H-pyrrole nitrogens is 1. The Morgan fingerprint density at radius 1 is 1.06 bits per heavy atom. The SMILES string of the molecule is CCC(C)(C)n1nnnc1C(C(C)C)N(Cc1ccccc1)Cc1cc2c(C)cc(C)cc2[nH]c1=O. The van der Waals surface area contributed by atoms with Crippen LogP contribution >= 0.6 is 0 Å². The highest BCUT2D eigenvalue weighted by Gasteiger charge is 2.33. The van der Waals surface area contributed by atoms with Crippen LogP contribution in [0.5, 0.6) is 0 Å². The van der Waals surface area contributed by atoms with Gasteiger partial charge in [0.05, 0.1) is 11.6 Å². The molecule has 36 heavy (non-hydrogen) atoms. The predicted octanol–water partition coefficient (Wildman–Crippen LogP) is 5.68. The predicted molar refractivity (Wildman–Crippen MR) is 145 cm³/mol. The Morgan fingerprint density at radius 2 is 1.78 bits per heavy atom. The average Bonchev–Trinajstić information content (AvgIpc) is 3.30. The number of hydrogen-bond donors (Lipinski definition) is 1. The third-order valence-electron chi connectivity index (χ3n) is 7.21. The van der Waals surface area contributed by atoms with Crippen LogP contribution in [0, 0.1) is 19.8 Å². The number of nitrogens with one attached hydrogen (secondary N) is 1. The number of fused-ring (bicyclic) bond motifs is 1. The summed E-state index contributed by atoms with van der Waals surface area (Å²) < 4.78 is 1.97. The van der Waals surface area contributed by atoms with Gasteiger partial charge in [-0.2, -0.15) is 0 Å². The second-order valence-corrected chi connectivity index (χ2v) is 10.9. The molecule has 0 aliphatic carbocycles. The van der Waals surface area contributed by atoms with Crippen LogP contribution in [0.3, 0.4) is 0 Å². The summed E-state index contributed by atoms with van der Waals surface area (Å²) in [7, 11) is 0. The van der Waals surface area contributed by atoms with E-state index in [9.17, 15) is 4.79 Å². The summed E-state index contributed by atoms with van der Waals surface area (Å²) >= 11 is 0. The highest BCUT2D eigenvalue weighted by molar-refractivity contribution is 5.83. The van der Waals surface area contributed by atoms with E-state index in [0.29, 0.717) is 13.1 Å². The Morgan fingerprint density at radius 3 is 2.44 bits per heavy atom. The molecule has 0 fully saturated rings. The molecule has 1 unspecified atom stereocenters. The maximum Gasteiger partial charge on any atom is 0.252 e. The number of tetrazole rings is 1. The molecular formula is C29H38N6O. The number of rotatable bonds is 9. The summed E-state index contributed by atoms with van der Waals surface area (Å²) in [5, 5.41) is 14.1. The van der Waals surface area contributed by atoms with Crippen molar-refractivity contribution in [2.45, 2.75) is 79.6 Å². The van der Waals surface area contributed by atoms with Gasteiger partial charge in [0, 0.05) is 29.6 Å². The fraction of sp³-hybridized carbons (Fsp3) is 0.448. The number of nitrogens with zero attached hydrogens (tertiary/aromatic N) is 5. The number of pyridine rings is 1. The van der Waals surface area contributed by atoms with Gasteiger partial charge in [0.2, 0.25) is 0 Å². The lowest BCUT2D eigenvalue weighted by Gasteiger charge is -2.35. The van der Waals surface area contributed by atoms with Crippen molar-refractivity contribution in [2.75, 3.05) is 0 Å². The highest BCUT2D eigenvalue weighted by Crippen LogP contribution is 2.33. The zero-order valence-electron chi connectivity index (χ0n) is 22.5. The summed E-state index contributed by atoms with van der Waals surface area (Å²) in [5.41, 5.74) is 4.82. The maximum absolute atomic E-state index is 13.3. The minimum atomic E-state index is -0.222. The maximum atomic E-state index is 13.3. The Hall–Kier alpha value is -3.32. The third-order valence-corrected chi connectivity index (χ3v) is 7.21. The molecule has 2 heterocycles. The number of aromatic amines is 1. The van der Waals surface area contributed by atoms with Gasteiger partial charge in [-0.1, -0.05) is 57.2 Å². The zero-order valence-corrected chi connectivity index (χ0v) is 22.5. The first-order valence-corrected chi connectivity index (χ1v) is 12.8. The van der Waals surface area contributed by atoms with E-state index in [1.54, 1.807) is 0 Å². The topological polar surface area (TPSA) is 79.7 Å². The van der Waals surface area contributed by atoms with Gasteiger partial charge in [-0.15, -0.1) is 5.10 Å². The molecule has 190 valence electrons. The van der Waals surface area contributed by atoms with Gasteiger partial charge < -0.3 is 4.98 Å². The molecule has 2 aromatic heterocycles. The van der Waals surface area contributed by atoms with Gasteiger partial charge >= 0.3 is 0 Å². The summed E-state index contributed by atoms with van der Waals surface area (Å²) in [5.74, 6) is 1.05. The normalized spacial score (nSPS) is 13.1. The molecule has 1 N–H and O–H groups in total. The number of aromatic nitrogens is 5. The van der Waals surface area contributed by atoms with Gasteiger partial charge in [-0.3, -0.25) is 9.69 Å². The van der Waals surface area contributed by atoms with Crippen molar-refractivity contribution in [3.63, 3.8) is 0 Å². The summed E-state index contributed by atoms with van der Waals surface area (Å²) in [4.78, 5) is 18.7. The van der Waals surface area contributed by atoms with Crippen molar-refractivity contribution in [3.05, 3.63) is 87.0 Å². The van der Waals surface area contributed by atoms with Crippen molar-refractivity contribution in [3.8, 4) is 0 Å². The minimum Gasteiger partial charge on any atom is -0.322 e. The van der Waals surface area contributed by atoms with Crippen LogP contribution in [-0.4, -0.2) is 30.1 Å². The van der Waals surface area contributed by atoms with Crippen molar-refractivity contribution in [1.82, 2.24) is 30.1 Å². The van der Waals surface area contributed by atoms with E-state index in [4.69, 9.17) is 0 Å². The largest absolute Gasteiger partial charge is 0.322 e. The minimum absolute atomic E-state index is 0.0541. The summed E-state index contributed by atoms with van der Waals surface area (Å²) in [6.45, 7) is 16.2. The molecule has 0 aliphatic rings. The smallest absolute Gasteiger partial charge is 0.252 e. The van der Waals surface area contributed by atoms with Crippen LogP contribution in [0.25, 0.3) is 10.9 Å². The Balaban J connectivity index is 1.83. The first-order valence-electron chi connectivity index (χ1n) is 12.8. The van der Waals surface area contributed by atoms with E-state index >= 15 is 0 Å². The van der Waals surface area contributed by atoms with Crippen LogP contribution in [-0.2, 0) is 18.6 Å². The standard InChI is InChI=1S/C29H38N6O/c1-8-29(6,7)35-27(31-32-33-35)26(19(2)3)34(17-22-12-10-9-11-13-22)18-23-16-24-21(5)14-20(4)15-25(24)30-28(23)36/h9-16,19,26H,8,17-18H2,1-7H3,(H,30,36). The molecule has 0 amide bonds. The Kier molecular flexibility index (Phi) is 7.41. The monoisotopic (exact) mass is 486 g/mol. The van der Waals surface area contributed by atoms with Crippen molar-refractivity contribution < 1.29 is 0 Å². The molecular weight excluding hydrogens is 448 g/mol. The van der Waals surface area contributed by atoms with Crippen LogP contribution in [0.1, 0.15) is 75.2 Å². The first kappa shape index (κ1) is 25.8. The summed E-state index contributed by atoms with van der Waals surface area (Å²) in [6, 6.07) is 16.5. The lowest BCUT2D eigenvalue weighted by Crippen LogP contribution is -2.38. The molecule has 0 radical (unpaired) electrons. The molecule has 0 bridgehead atoms. The number of benzene rings is 2. The molecule has 1 atom stereocenters. The fourth-order valence-corrected chi connectivity index (χ4v) is 4.97.